The van der Waals surface area contributed by atoms with E-state index in [2.05, 4.69) is 398 Å². The molecule has 0 fully saturated rings. The van der Waals surface area contributed by atoms with Gasteiger partial charge < -0.3 is 4.42 Å². The Kier molecular flexibility index (Phi) is 14.7. The maximum Gasteiger partial charge on any atom is 0.143 e. The van der Waals surface area contributed by atoms with Gasteiger partial charge in [0.25, 0.3) is 0 Å². The van der Waals surface area contributed by atoms with Crippen molar-refractivity contribution in [1.82, 2.24) is 0 Å². The standard InChI is InChI=1S/C57H38O.C51H36/c1-57(2)50-30-15-27-38(54(50)49-33-32-35-16-3-4-19-39(35)55(49)57)36-17-13-18-37(34-36)52-43-23-7-9-25-45(43)53(46-26-10-8-24-44(46)52)42-22-6-5-20-40(42)47-28-14-29-48-41-21-11-12-31-51(41)58-56(47)48;1-51(2)46-29-15-28-38(49(46)45-31-30-34-18-6-7-22-39(34)50(45)51)35-19-14-20-36(32-35)47-41-24-10-12-26-43(41)48(44-27-13-11-25-42(44)47)40-23-9-8-21-37(40)33-16-4-3-5-17-33/h3-34H,1-2H3;3-32H,1-2H3. The van der Waals surface area contributed by atoms with Gasteiger partial charge in [-0.15, -0.1) is 0 Å². The molecule has 109 heavy (non-hydrogen) atoms. The van der Waals surface area contributed by atoms with Gasteiger partial charge in [0.2, 0.25) is 0 Å². The van der Waals surface area contributed by atoms with Crippen molar-refractivity contribution in [2.24, 2.45) is 0 Å². The van der Waals surface area contributed by atoms with Crippen LogP contribution in [0.25, 0.3) is 198 Å². The zero-order valence-corrected chi connectivity index (χ0v) is 61.2. The van der Waals surface area contributed by atoms with Crippen LogP contribution < -0.4 is 0 Å². The Bertz CT molecular complexity index is 7040. The van der Waals surface area contributed by atoms with Gasteiger partial charge in [-0.3, -0.25) is 0 Å². The minimum Gasteiger partial charge on any atom is -0.455 e. The molecule has 2 aliphatic rings. The molecule has 1 heteroatoms. The summed E-state index contributed by atoms with van der Waals surface area (Å²) in [6, 6.07) is 139. The lowest BCUT2D eigenvalue weighted by molar-refractivity contribution is 0.666. The fraction of sp³-hybridized carbons (Fsp3) is 0.0556. The van der Waals surface area contributed by atoms with Gasteiger partial charge in [0, 0.05) is 27.2 Å². The van der Waals surface area contributed by atoms with Crippen LogP contribution in [-0.4, -0.2) is 0 Å². The number of benzene rings is 19. The summed E-state index contributed by atoms with van der Waals surface area (Å²) in [5.74, 6) is 0. The second-order valence-electron chi connectivity index (χ2n) is 30.7. The van der Waals surface area contributed by atoms with Crippen molar-refractivity contribution in [1.29, 1.82) is 0 Å². The van der Waals surface area contributed by atoms with Crippen molar-refractivity contribution in [3.63, 3.8) is 0 Å². The molecule has 512 valence electrons. The lowest BCUT2D eigenvalue weighted by atomic mass is 9.80. The third-order valence-electron chi connectivity index (χ3n) is 24.1. The molecule has 2 aliphatic carbocycles. The van der Waals surface area contributed by atoms with E-state index in [1.54, 1.807) is 0 Å². The van der Waals surface area contributed by atoms with E-state index in [4.69, 9.17) is 4.42 Å². The number of hydrogen-bond acceptors (Lipinski definition) is 1. The molecule has 0 saturated carbocycles. The lowest BCUT2D eigenvalue weighted by Crippen LogP contribution is -2.15. The van der Waals surface area contributed by atoms with Gasteiger partial charge in [0.05, 0.1) is 0 Å². The first-order valence-electron chi connectivity index (χ1n) is 38.2. The Morgan fingerprint density at radius 1 is 0.183 bits per heavy atom. The van der Waals surface area contributed by atoms with Crippen LogP contribution in [0.15, 0.2) is 381 Å². The molecule has 0 radical (unpaired) electrons. The number of rotatable bonds is 8. The number of furan rings is 1. The zero-order valence-electron chi connectivity index (χ0n) is 61.2. The molecule has 22 rings (SSSR count). The van der Waals surface area contributed by atoms with Crippen molar-refractivity contribution >= 4 is 86.6 Å². The van der Waals surface area contributed by atoms with Crippen molar-refractivity contribution < 1.29 is 4.42 Å². The summed E-state index contributed by atoms with van der Waals surface area (Å²) in [6.07, 6.45) is 0. The van der Waals surface area contributed by atoms with E-state index in [0.29, 0.717) is 0 Å². The largest absolute Gasteiger partial charge is 0.455 e. The van der Waals surface area contributed by atoms with Crippen molar-refractivity contribution in [2.75, 3.05) is 0 Å². The van der Waals surface area contributed by atoms with Gasteiger partial charge in [-0.05, 0) is 211 Å². The third kappa shape index (κ3) is 9.93. The van der Waals surface area contributed by atoms with Crippen LogP contribution in [0.2, 0.25) is 0 Å². The van der Waals surface area contributed by atoms with E-state index < -0.39 is 0 Å². The monoisotopic (exact) mass is 1390 g/mol. The van der Waals surface area contributed by atoms with Crippen LogP contribution in [0.4, 0.5) is 0 Å². The Morgan fingerprint density at radius 3 is 0.982 bits per heavy atom. The molecule has 1 heterocycles. The highest BCUT2D eigenvalue weighted by molar-refractivity contribution is 6.25. The Hall–Kier alpha value is -13.5. The summed E-state index contributed by atoms with van der Waals surface area (Å²) in [7, 11) is 0. The topological polar surface area (TPSA) is 13.1 Å². The van der Waals surface area contributed by atoms with Crippen LogP contribution in [0, 0.1) is 0 Å². The van der Waals surface area contributed by atoms with Crippen molar-refractivity contribution in [3.05, 3.63) is 398 Å². The molecular weight excluding hydrogens is 1310 g/mol. The minimum absolute atomic E-state index is 0.0998. The maximum atomic E-state index is 6.61. The van der Waals surface area contributed by atoms with E-state index in [1.165, 1.54) is 187 Å². The molecule has 0 spiro atoms. The number of fused-ring (bicyclic) bond motifs is 17. The molecule has 0 saturated heterocycles. The first-order chi connectivity index (χ1) is 53.7. The van der Waals surface area contributed by atoms with Gasteiger partial charge in [-0.25, -0.2) is 0 Å². The fourth-order valence-corrected chi connectivity index (χ4v) is 19.4. The van der Waals surface area contributed by atoms with E-state index in [9.17, 15) is 0 Å². The highest BCUT2D eigenvalue weighted by Gasteiger charge is 2.40. The summed E-state index contributed by atoms with van der Waals surface area (Å²) < 4.78 is 6.61. The maximum absolute atomic E-state index is 6.61. The van der Waals surface area contributed by atoms with Gasteiger partial charge in [-0.2, -0.15) is 0 Å². The van der Waals surface area contributed by atoms with Crippen LogP contribution in [0.3, 0.4) is 0 Å². The predicted octanol–water partition coefficient (Wildman–Crippen LogP) is 30.1. The molecule has 0 bridgehead atoms. The van der Waals surface area contributed by atoms with Crippen LogP contribution in [-0.2, 0) is 10.8 Å². The van der Waals surface area contributed by atoms with Crippen LogP contribution in [0.1, 0.15) is 49.9 Å². The molecule has 0 N–H and O–H groups in total. The highest BCUT2D eigenvalue weighted by Crippen LogP contribution is 2.58. The van der Waals surface area contributed by atoms with Gasteiger partial charge in [-0.1, -0.05) is 386 Å². The SMILES string of the molecule is CC1(C)c2cccc(-c3cccc(-c4c5ccccc5c(-c5ccccc5-c5cccc6c5oc5ccccc56)c5ccccc45)c3)c2-c2ccc3ccccc3c21.CC1(C)c2cccc(-c3cccc(-c4c5ccccc5c(-c5ccccc5-c5ccccc5)c5ccccc45)c3)c2-c2ccc3ccccc3c21. The van der Waals surface area contributed by atoms with Gasteiger partial charge in [0.1, 0.15) is 11.2 Å². The quantitative estimate of drug-likeness (QED) is 0.138. The van der Waals surface area contributed by atoms with E-state index in [-0.39, 0.29) is 10.8 Å². The predicted molar refractivity (Wildman–Crippen MR) is 464 cm³/mol. The third-order valence-corrected chi connectivity index (χ3v) is 24.1. The number of hydrogen-bond donors (Lipinski definition) is 0. The summed E-state index contributed by atoms with van der Waals surface area (Å²) in [4.78, 5) is 0. The first kappa shape index (κ1) is 64.0. The molecular formula is C108H74O. The van der Waals surface area contributed by atoms with Crippen molar-refractivity contribution in [2.45, 2.75) is 38.5 Å². The molecule has 0 aliphatic heterocycles. The Labute approximate surface area is 634 Å². The van der Waals surface area contributed by atoms with Crippen LogP contribution in [0.5, 0.6) is 0 Å². The molecule has 0 atom stereocenters. The summed E-state index contributed by atoms with van der Waals surface area (Å²) in [5, 5.41) is 17.6. The minimum atomic E-state index is -0.117. The lowest BCUT2D eigenvalue weighted by Gasteiger charge is -2.23. The molecule has 1 nitrogen and oxygen atoms in total. The van der Waals surface area contributed by atoms with Crippen molar-refractivity contribution in [3.8, 4) is 111 Å². The van der Waals surface area contributed by atoms with Crippen LogP contribution >= 0.6 is 0 Å². The van der Waals surface area contributed by atoms with Gasteiger partial charge >= 0.3 is 0 Å². The molecule has 20 aromatic rings. The molecule has 0 amide bonds. The zero-order chi connectivity index (χ0) is 72.6. The normalized spacial score (nSPS) is 13.1. The average molecular weight is 1390 g/mol. The Morgan fingerprint density at radius 2 is 0.505 bits per heavy atom. The van der Waals surface area contributed by atoms with E-state index in [1.807, 2.05) is 6.07 Å². The average Bonchev–Trinajstić information content (AvgIpc) is 1.65. The molecule has 19 aromatic carbocycles. The smallest absolute Gasteiger partial charge is 0.143 e. The fourth-order valence-electron chi connectivity index (χ4n) is 19.4. The number of para-hydroxylation sites is 2. The molecule has 1 aromatic heterocycles. The van der Waals surface area contributed by atoms with E-state index in [0.717, 1.165) is 33.1 Å². The summed E-state index contributed by atoms with van der Waals surface area (Å²) in [5.41, 5.74) is 32.4. The second-order valence-corrected chi connectivity index (χ2v) is 30.7. The summed E-state index contributed by atoms with van der Waals surface area (Å²) in [6.45, 7) is 9.55. The first-order valence-corrected chi connectivity index (χ1v) is 38.2. The van der Waals surface area contributed by atoms with E-state index >= 15 is 0 Å². The highest BCUT2D eigenvalue weighted by atomic mass is 16.3. The molecule has 0 unspecified atom stereocenters. The van der Waals surface area contributed by atoms with Gasteiger partial charge in [0.15, 0.2) is 0 Å². The second kappa shape index (κ2) is 25.1. The Balaban J connectivity index is 0.000000140. The summed E-state index contributed by atoms with van der Waals surface area (Å²) >= 11 is 0.